The van der Waals surface area contributed by atoms with Crippen LogP contribution in [0.15, 0.2) is 24.3 Å². The zero-order valence-corrected chi connectivity index (χ0v) is 15.5. The molecule has 0 aromatic heterocycles. The van der Waals surface area contributed by atoms with Gasteiger partial charge in [0.2, 0.25) is 5.91 Å². The summed E-state index contributed by atoms with van der Waals surface area (Å²) in [5.41, 5.74) is -0.489. The van der Waals surface area contributed by atoms with E-state index in [0.29, 0.717) is 25.8 Å². The van der Waals surface area contributed by atoms with Crippen molar-refractivity contribution in [3.8, 4) is 5.75 Å². The highest BCUT2D eigenvalue weighted by molar-refractivity contribution is 5.76. The fraction of sp³-hybridized carbons (Fsp3) is 0.579. The predicted octanol–water partition coefficient (Wildman–Crippen LogP) is 3.57. The van der Waals surface area contributed by atoms with Crippen LogP contribution in [0.1, 0.15) is 46.5 Å². The van der Waals surface area contributed by atoms with Gasteiger partial charge in [-0.2, -0.15) is 0 Å². The highest BCUT2D eigenvalue weighted by atomic mass is 19.1. The molecule has 0 unspecified atom stereocenters. The maximum absolute atomic E-state index is 13.4. The third-order valence-electron chi connectivity index (χ3n) is 3.35. The van der Waals surface area contributed by atoms with Gasteiger partial charge in [0.1, 0.15) is 5.60 Å². The fourth-order valence-corrected chi connectivity index (χ4v) is 2.14. The fourth-order valence-electron chi connectivity index (χ4n) is 2.14. The van der Waals surface area contributed by atoms with Gasteiger partial charge in [-0.1, -0.05) is 12.1 Å². The molecule has 1 rings (SSSR count). The molecular formula is C19H28FNO4. The molecule has 0 bridgehead atoms. The molecule has 0 aliphatic heterocycles. The van der Waals surface area contributed by atoms with Gasteiger partial charge in [0.05, 0.1) is 6.61 Å². The van der Waals surface area contributed by atoms with Crippen molar-refractivity contribution < 1.29 is 23.5 Å². The lowest BCUT2D eigenvalue weighted by Gasteiger charge is -2.20. The lowest BCUT2D eigenvalue weighted by molar-refractivity contribution is -0.155. The summed E-state index contributed by atoms with van der Waals surface area (Å²) >= 11 is 0. The standard InChI is InChI=1S/C19H28FNO4/c1-19(2,3)25-18(23)12-7-13-21(4)17(22)11-8-14-24-16-10-6-5-9-15(16)20/h5-6,9-10H,7-8,11-14H2,1-4H3. The summed E-state index contributed by atoms with van der Waals surface area (Å²) in [5.74, 6) is -0.498. The molecule has 1 aromatic rings. The number of amides is 1. The van der Waals surface area contributed by atoms with Crippen LogP contribution in [0.5, 0.6) is 5.75 Å². The van der Waals surface area contributed by atoms with Crippen LogP contribution in [-0.2, 0) is 14.3 Å². The minimum Gasteiger partial charge on any atom is -0.491 e. The predicted molar refractivity (Wildman–Crippen MR) is 93.8 cm³/mol. The number of hydrogen-bond donors (Lipinski definition) is 0. The summed E-state index contributed by atoms with van der Waals surface area (Å²) in [4.78, 5) is 25.2. The number of nitrogens with zero attached hydrogens (tertiary/aromatic N) is 1. The van der Waals surface area contributed by atoms with E-state index in [9.17, 15) is 14.0 Å². The molecule has 0 spiro atoms. The van der Waals surface area contributed by atoms with E-state index in [0.717, 1.165) is 0 Å². The molecule has 0 saturated heterocycles. The van der Waals surface area contributed by atoms with Gasteiger partial charge in [-0.15, -0.1) is 0 Å². The first-order valence-electron chi connectivity index (χ1n) is 8.52. The number of ether oxygens (including phenoxy) is 2. The molecule has 0 N–H and O–H groups in total. The molecule has 5 nitrogen and oxygen atoms in total. The van der Waals surface area contributed by atoms with Crippen molar-refractivity contribution in [3.05, 3.63) is 30.1 Å². The minimum atomic E-state index is -0.489. The molecule has 0 heterocycles. The number of para-hydroxylation sites is 1. The second-order valence-corrected chi connectivity index (χ2v) is 6.89. The molecule has 0 saturated carbocycles. The lowest BCUT2D eigenvalue weighted by Crippen LogP contribution is -2.29. The highest BCUT2D eigenvalue weighted by Gasteiger charge is 2.16. The third kappa shape index (κ3) is 9.08. The third-order valence-corrected chi connectivity index (χ3v) is 3.35. The number of carbonyl (C=O) groups excluding carboxylic acids is 2. The Bertz CT molecular complexity index is 569. The van der Waals surface area contributed by atoms with Crippen molar-refractivity contribution >= 4 is 11.9 Å². The maximum atomic E-state index is 13.4. The van der Waals surface area contributed by atoms with E-state index in [4.69, 9.17) is 9.47 Å². The topological polar surface area (TPSA) is 55.8 Å². The first-order chi connectivity index (χ1) is 11.7. The second kappa shape index (κ2) is 10.0. The Kier molecular flexibility index (Phi) is 8.38. The van der Waals surface area contributed by atoms with Crippen molar-refractivity contribution in [1.82, 2.24) is 4.90 Å². The molecule has 0 aliphatic rings. The number of benzene rings is 1. The van der Waals surface area contributed by atoms with Gasteiger partial charge in [0.15, 0.2) is 11.6 Å². The van der Waals surface area contributed by atoms with E-state index >= 15 is 0 Å². The van der Waals surface area contributed by atoms with Crippen LogP contribution in [0.4, 0.5) is 4.39 Å². The van der Waals surface area contributed by atoms with Gasteiger partial charge in [-0.25, -0.2) is 4.39 Å². The van der Waals surface area contributed by atoms with E-state index in [2.05, 4.69) is 0 Å². The van der Waals surface area contributed by atoms with Gasteiger partial charge in [0.25, 0.3) is 0 Å². The molecule has 0 radical (unpaired) electrons. The van der Waals surface area contributed by atoms with Crippen molar-refractivity contribution in [1.29, 1.82) is 0 Å². The Labute approximate surface area is 149 Å². The van der Waals surface area contributed by atoms with E-state index in [1.54, 1.807) is 30.1 Å². The van der Waals surface area contributed by atoms with Crippen LogP contribution < -0.4 is 4.74 Å². The van der Waals surface area contributed by atoms with Crippen LogP contribution in [0.25, 0.3) is 0 Å². The average molecular weight is 353 g/mol. The van der Waals surface area contributed by atoms with E-state index < -0.39 is 11.4 Å². The lowest BCUT2D eigenvalue weighted by atomic mass is 10.2. The maximum Gasteiger partial charge on any atom is 0.306 e. The molecule has 0 fully saturated rings. The molecule has 1 amide bonds. The summed E-state index contributed by atoms with van der Waals surface area (Å²) in [6.07, 6.45) is 1.66. The Hall–Kier alpha value is -2.11. The highest BCUT2D eigenvalue weighted by Crippen LogP contribution is 2.15. The SMILES string of the molecule is CN(CCCC(=O)OC(C)(C)C)C(=O)CCCOc1ccccc1F. The minimum absolute atomic E-state index is 0.0266. The number of halogens is 1. The van der Waals surface area contributed by atoms with E-state index in [-0.39, 0.29) is 30.7 Å². The zero-order valence-electron chi connectivity index (χ0n) is 15.5. The average Bonchev–Trinajstić information content (AvgIpc) is 2.51. The van der Waals surface area contributed by atoms with Crippen LogP contribution in [-0.4, -0.2) is 42.6 Å². The number of rotatable bonds is 9. The number of hydrogen-bond acceptors (Lipinski definition) is 4. The van der Waals surface area contributed by atoms with Gasteiger partial charge >= 0.3 is 5.97 Å². The summed E-state index contributed by atoms with van der Waals surface area (Å²) in [6, 6.07) is 6.18. The van der Waals surface area contributed by atoms with Gasteiger partial charge < -0.3 is 14.4 Å². The molecular weight excluding hydrogens is 325 g/mol. The first-order valence-corrected chi connectivity index (χ1v) is 8.52. The molecule has 0 aliphatic carbocycles. The zero-order chi connectivity index (χ0) is 18.9. The van der Waals surface area contributed by atoms with Crippen LogP contribution >= 0.6 is 0 Å². The van der Waals surface area contributed by atoms with E-state index in [1.165, 1.54) is 6.07 Å². The second-order valence-electron chi connectivity index (χ2n) is 6.89. The Morgan fingerprint density at radius 2 is 1.80 bits per heavy atom. The quantitative estimate of drug-likeness (QED) is 0.503. The van der Waals surface area contributed by atoms with Crippen LogP contribution in [0, 0.1) is 5.82 Å². The molecule has 25 heavy (non-hydrogen) atoms. The summed E-state index contributed by atoms with van der Waals surface area (Å²) in [5, 5.41) is 0. The van der Waals surface area contributed by atoms with Crippen molar-refractivity contribution in [3.63, 3.8) is 0 Å². The largest absolute Gasteiger partial charge is 0.491 e. The van der Waals surface area contributed by atoms with Crippen molar-refractivity contribution in [2.45, 2.75) is 52.1 Å². The molecule has 140 valence electrons. The number of carbonyl (C=O) groups is 2. The van der Waals surface area contributed by atoms with Gasteiger partial charge in [-0.05, 0) is 45.7 Å². The van der Waals surface area contributed by atoms with Gasteiger partial charge in [-0.3, -0.25) is 9.59 Å². The van der Waals surface area contributed by atoms with Crippen molar-refractivity contribution in [2.24, 2.45) is 0 Å². The Morgan fingerprint density at radius 1 is 1.12 bits per heavy atom. The first kappa shape index (κ1) is 20.9. The summed E-state index contributed by atoms with van der Waals surface area (Å²) in [6.45, 7) is 6.24. The van der Waals surface area contributed by atoms with Crippen LogP contribution in [0.2, 0.25) is 0 Å². The Balaban J connectivity index is 2.17. The summed E-state index contributed by atoms with van der Waals surface area (Å²) in [7, 11) is 1.70. The van der Waals surface area contributed by atoms with E-state index in [1.807, 2.05) is 20.8 Å². The van der Waals surface area contributed by atoms with Gasteiger partial charge in [0, 0.05) is 26.4 Å². The Morgan fingerprint density at radius 3 is 2.44 bits per heavy atom. The van der Waals surface area contributed by atoms with Crippen molar-refractivity contribution in [2.75, 3.05) is 20.2 Å². The molecule has 6 heteroatoms. The molecule has 1 aromatic carbocycles. The number of esters is 1. The van der Waals surface area contributed by atoms with Crippen LogP contribution in [0.3, 0.4) is 0 Å². The smallest absolute Gasteiger partial charge is 0.306 e. The monoisotopic (exact) mass is 353 g/mol. The summed E-state index contributed by atoms with van der Waals surface area (Å²) < 4.78 is 23.9. The normalized spacial score (nSPS) is 11.1. The molecule has 0 atom stereocenters.